The molecule has 1 unspecified atom stereocenters. The summed E-state index contributed by atoms with van der Waals surface area (Å²) in [5, 5.41) is 3.13. The van der Waals surface area contributed by atoms with Gasteiger partial charge in [-0.1, -0.05) is 23.7 Å². The molecular formula is C20H22BrClN2O4. The number of methoxy groups -OCH3 is 1. The third-order valence-electron chi connectivity index (χ3n) is 4.17. The number of hydrogen-bond acceptors (Lipinski definition) is 4. The van der Waals surface area contributed by atoms with E-state index in [0.717, 1.165) is 11.3 Å². The Morgan fingerprint density at radius 3 is 2.46 bits per heavy atom. The number of benzene rings is 2. The van der Waals surface area contributed by atoms with Crippen molar-refractivity contribution in [3.63, 3.8) is 0 Å². The molecule has 2 rings (SSSR count). The summed E-state index contributed by atoms with van der Waals surface area (Å²) in [4.78, 5) is 26.4. The van der Waals surface area contributed by atoms with E-state index in [1.165, 1.54) is 11.9 Å². The molecule has 1 atom stereocenters. The van der Waals surface area contributed by atoms with E-state index in [1.54, 1.807) is 32.2 Å². The molecule has 1 N–H and O–H groups in total. The van der Waals surface area contributed by atoms with Crippen LogP contribution in [0.3, 0.4) is 0 Å². The first-order valence-corrected chi connectivity index (χ1v) is 9.74. The van der Waals surface area contributed by atoms with Gasteiger partial charge in [0.15, 0.2) is 6.61 Å². The number of halogens is 2. The van der Waals surface area contributed by atoms with Gasteiger partial charge in [-0.25, -0.2) is 0 Å². The number of likely N-dealkylation sites (N-methyl/N-ethyl adjacent to an activating group) is 1. The zero-order valence-electron chi connectivity index (χ0n) is 15.9. The highest BCUT2D eigenvalue weighted by Crippen LogP contribution is 2.28. The van der Waals surface area contributed by atoms with Crippen LogP contribution in [0.2, 0.25) is 5.02 Å². The van der Waals surface area contributed by atoms with Crippen molar-refractivity contribution >= 4 is 39.3 Å². The maximum Gasteiger partial charge on any atom is 0.261 e. The smallest absolute Gasteiger partial charge is 0.261 e. The standard InChI is InChI=1S/C20H22BrClN2O4/c1-13(20(26)23-2)24(11-14-4-7-16(27-3)8-5-14)19(25)12-28-18-9-6-15(22)10-17(18)21/h4-10,13H,11-12H2,1-3H3,(H,23,26). The number of nitrogens with one attached hydrogen (secondary N) is 1. The molecule has 0 aliphatic rings. The molecule has 2 amide bonds. The van der Waals surface area contributed by atoms with Gasteiger partial charge in [-0.05, 0) is 58.7 Å². The normalized spacial score (nSPS) is 11.5. The van der Waals surface area contributed by atoms with Gasteiger partial charge in [0, 0.05) is 18.6 Å². The van der Waals surface area contributed by atoms with Crippen molar-refractivity contribution in [1.29, 1.82) is 0 Å². The van der Waals surface area contributed by atoms with Crippen LogP contribution in [0.4, 0.5) is 0 Å². The average molecular weight is 470 g/mol. The van der Waals surface area contributed by atoms with Crippen molar-refractivity contribution in [1.82, 2.24) is 10.2 Å². The van der Waals surface area contributed by atoms with Crippen molar-refractivity contribution in [2.75, 3.05) is 20.8 Å². The Kier molecular flexibility index (Phi) is 8.14. The third-order valence-corrected chi connectivity index (χ3v) is 5.03. The van der Waals surface area contributed by atoms with E-state index in [1.807, 2.05) is 24.3 Å². The van der Waals surface area contributed by atoms with Crippen molar-refractivity contribution in [3.8, 4) is 11.5 Å². The van der Waals surface area contributed by atoms with Crippen LogP contribution in [0.5, 0.6) is 11.5 Å². The lowest BCUT2D eigenvalue weighted by Crippen LogP contribution is -2.48. The van der Waals surface area contributed by atoms with Gasteiger partial charge >= 0.3 is 0 Å². The predicted octanol–water partition coefficient (Wildman–Crippen LogP) is 3.65. The minimum absolute atomic E-state index is 0.211. The Balaban J connectivity index is 2.14. The summed E-state index contributed by atoms with van der Waals surface area (Å²) in [6, 6.07) is 11.7. The molecule has 6 nitrogen and oxygen atoms in total. The quantitative estimate of drug-likeness (QED) is 0.641. The minimum Gasteiger partial charge on any atom is -0.497 e. The van der Waals surface area contributed by atoms with Crippen molar-refractivity contribution in [3.05, 3.63) is 57.5 Å². The molecule has 0 heterocycles. The molecule has 0 aromatic heterocycles. The lowest BCUT2D eigenvalue weighted by atomic mass is 10.1. The summed E-state index contributed by atoms with van der Waals surface area (Å²) in [5.74, 6) is 0.648. The van der Waals surface area contributed by atoms with E-state index in [9.17, 15) is 9.59 Å². The number of hydrogen-bond donors (Lipinski definition) is 1. The number of rotatable bonds is 8. The second-order valence-corrected chi connectivity index (χ2v) is 7.31. The SMILES string of the molecule is CNC(=O)C(C)N(Cc1ccc(OC)cc1)C(=O)COc1ccc(Cl)cc1Br. The third kappa shape index (κ3) is 5.87. The van der Waals surface area contributed by atoms with Gasteiger partial charge in [0.2, 0.25) is 5.91 Å². The van der Waals surface area contributed by atoms with Crippen LogP contribution >= 0.6 is 27.5 Å². The summed E-state index contributed by atoms with van der Waals surface area (Å²) in [6.07, 6.45) is 0. The molecule has 0 spiro atoms. The molecule has 2 aromatic carbocycles. The van der Waals surface area contributed by atoms with Gasteiger partial charge in [0.05, 0.1) is 11.6 Å². The van der Waals surface area contributed by atoms with Gasteiger partial charge in [-0.2, -0.15) is 0 Å². The van der Waals surface area contributed by atoms with E-state index in [2.05, 4.69) is 21.2 Å². The molecule has 0 fully saturated rings. The monoisotopic (exact) mass is 468 g/mol. The minimum atomic E-state index is -0.656. The van der Waals surface area contributed by atoms with Crippen LogP contribution in [0.25, 0.3) is 0 Å². The average Bonchev–Trinajstić information content (AvgIpc) is 2.70. The fourth-order valence-electron chi connectivity index (χ4n) is 2.53. The lowest BCUT2D eigenvalue weighted by molar-refractivity contribution is -0.142. The number of ether oxygens (including phenoxy) is 2. The van der Waals surface area contributed by atoms with Gasteiger partial charge in [-0.15, -0.1) is 0 Å². The highest BCUT2D eigenvalue weighted by Gasteiger charge is 2.26. The van der Waals surface area contributed by atoms with Crippen LogP contribution in [0.15, 0.2) is 46.9 Å². The lowest BCUT2D eigenvalue weighted by Gasteiger charge is -2.28. The van der Waals surface area contributed by atoms with Crippen LogP contribution in [-0.4, -0.2) is 43.5 Å². The fraction of sp³-hybridized carbons (Fsp3) is 0.300. The van der Waals surface area contributed by atoms with E-state index >= 15 is 0 Å². The maximum atomic E-state index is 12.8. The Hall–Kier alpha value is -2.25. The predicted molar refractivity (Wildman–Crippen MR) is 112 cm³/mol. The van der Waals surface area contributed by atoms with Crippen LogP contribution in [-0.2, 0) is 16.1 Å². The summed E-state index contributed by atoms with van der Waals surface area (Å²) in [7, 11) is 3.13. The second-order valence-electron chi connectivity index (χ2n) is 6.02. The van der Waals surface area contributed by atoms with E-state index in [-0.39, 0.29) is 25.0 Å². The first-order valence-electron chi connectivity index (χ1n) is 8.57. The summed E-state index contributed by atoms with van der Waals surface area (Å²) >= 11 is 9.27. The Morgan fingerprint density at radius 1 is 1.21 bits per heavy atom. The molecule has 0 saturated carbocycles. The second kappa shape index (κ2) is 10.3. The molecule has 0 radical (unpaired) electrons. The molecule has 28 heavy (non-hydrogen) atoms. The van der Waals surface area contributed by atoms with E-state index in [4.69, 9.17) is 21.1 Å². The summed E-state index contributed by atoms with van der Waals surface area (Å²) in [5.41, 5.74) is 0.873. The molecule has 0 aliphatic heterocycles. The number of nitrogens with zero attached hydrogens (tertiary/aromatic N) is 1. The van der Waals surface area contributed by atoms with Gasteiger partial charge < -0.3 is 19.7 Å². The molecule has 150 valence electrons. The van der Waals surface area contributed by atoms with Crippen molar-refractivity contribution in [2.45, 2.75) is 19.5 Å². The Morgan fingerprint density at radius 2 is 1.89 bits per heavy atom. The van der Waals surface area contributed by atoms with Crippen LogP contribution in [0, 0.1) is 0 Å². The van der Waals surface area contributed by atoms with Gasteiger partial charge in [-0.3, -0.25) is 9.59 Å². The first-order chi connectivity index (χ1) is 13.3. The number of amides is 2. The van der Waals surface area contributed by atoms with E-state index < -0.39 is 6.04 Å². The van der Waals surface area contributed by atoms with Crippen molar-refractivity contribution < 1.29 is 19.1 Å². The fourth-order valence-corrected chi connectivity index (χ4v) is 3.33. The van der Waals surface area contributed by atoms with Crippen molar-refractivity contribution in [2.24, 2.45) is 0 Å². The summed E-state index contributed by atoms with van der Waals surface area (Å²) < 4.78 is 11.4. The van der Waals surface area contributed by atoms with Crippen LogP contribution < -0.4 is 14.8 Å². The maximum absolute atomic E-state index is 12.8. The first kappa shape index (κ1) is 22.0. The number of carbonyl (C=O) groups excluding carboxylic acids is 2. The molecular weight excluding hydrogens is 448 g/mol. The zero-order chi connectivity index (χ0) is 20.7. The topological polar surface area (TPSA) is 67.9 Å². The largest absolute Gasteiger partial charge is 0.497 e. The molecule has 0 bridgehead atoms. The van der Waals surface area contributed by atoms with Crippen LogP contribution in [0.1, 0.15) is 12.5 Å². The van der Waals surface area contributed by atoms with E-state index in [0.29, 0.717) is 15.2 Å². The molecule has 2 aromatic rings. The van der Waals surface area contributed by atoms with Gasteiger partial charge in [0.25, 0.3) is 5.91 Å². The Bertz CT molecular complexity index is 829. The summed E-state index contributed by atoms with van der Waals surface area (Å²) in [6.45, 7) is 1.73. The highest BCUT2D eigenvalue weighted by atomic mass is 79.9. The highest BCUT2D eigenvalue weighted by molar-refractivity contribution is 9.10. The number of carbonyl (C=O) groups is 2. The molecule has 8 heteroatoms. The van der Waals surface area contributed by atoms with Gasteiger partial charge in [0.1, 0.15) is 17.5 Å². The molecule has 0 aliphatic carbocycles. The molecule has 0 saturated heterocycles. The zero-order valence-corrected chi connectivity index (χ0v) is 18.2. The Labute approximate surface area is 177 Å².